The first-order chi connectivity index (χ1) is 12.0. The number of hydrogen-bond acceptors (Lipinski definition) is 6. The number of anilines is 1. The van der Waals surface area contributed by atoms with Gasteiger partial charge in [-0.1, -0.05) is 24.4 Å². The number of nitrogens with zero attached hydrogens (tertiary/aromatic N) is 3. The van der Waals surface area contributed by atoms with Crippen LogP contribution in [0.15, 0.2) is 10.6 Å². The van der Waals surface area contributed by atoms with Crippen LogP contribution in [0, 0.1) is 6.92 Å². The molecule has 8 nitrogen and oxygen atoms in total. The van der Waals surface area contributed by atoms with Crippen molar-refractivity contribution in [2.24, 2.45) is 5.73 Å². The van der Waals surface area contributed by atoms with Gasteiger partial charge >= 0.3 is 0 Å². The van der Waals surface area contributed by atoms with Gasteiger partial charge in [0.2, 0.25) is 11.8 Å². The van der Waals surface area contributed by atoms with Gasteiger partial charge < -0.3 is 20.5 Å². The molecule has 0 aromatic carbocycles. The third-order valence-electron chi connectivity index (χ3n) is 5.09. The smallest absolute Gasteiger partial charge is 0.242 e. The number of hydrogen-bond donors (Lipinski definition) is 2. The number of halogens is 2. The molecule has 0 radical (unpaired) electrons. The van der Waals surface area contributed by atoms with Crippen LogP contribution in [-0.4, -0.2) is 65.0 Å². The molecule has 1 aliphatic heterocycles. The first-order valence-electron chi connectivity index (χ1n) is 9.00. The molecule has 1 saturated heterocycles. The van der Waals surface area contributed by atoms with E-state index in [4.69, 9.17) is 10.3 Å². The average molecular weight is 422 g/mol. The van der Waals surface area contributed by atoms with E-state index in [0.717, 1.165) is 25.7 Å². The summed E-state index contributed by atoms with van der Waals surface area (Å²) in [6, 6.07) is 1.68. The Bertz CT molecular complexity index is 626. The summed E-state index contributed by atoms with van der Waals surface area (Å²) >= 11 is 0. The summed E-state index contributed by atoms with van der Waals surface area (Å²) in [5, 5.41) is 6.47. The summed E-state index contributed by atoms with van der Waals surface area (Å²) in [6.45, 7) is 4.64. The SMILES string of the molecule is Cc1cc(NC(=O)CN2CCN(C(=O)C3(N)CCCCC3)CC2)no1.Cl.Cl. The Morgan fingerprint density at radius 2 is 1.81 bits per heavy atom. The van der Waals surface area contributed by atoms with Crippen molar-refractivity contribution in [2.75, 3.05) is 38.0 Å². The number of rotatable bonds is 4. The fourth-order valence-corrected chi connectivity index (χ4v) is 3.63. The maximum atomic E-state index is 12.7. The lowest BCUT2D eigenvalue weighted by Crippen LogP contribution is -2.60. The maximum absolute atomic E-state index is 12.7. The molecule has 0 atom stereocenters. The topological polar surface area (TPSA) is 105 Å². The Balaban J connectivity index is 0.00000182. The van der Waals surface area contributed by atoms with E-state index in [-0.39, 0.29) is 43.2 Å². The van der Waals surface area contributed by atoms with E-state index in [1.807, 2.05) is 9.80 Å². The van der Waals surface area contributed by atoms with Crippen molar-refractivity contribution in [2.45, 2.75) is 44.6 Å². The fraction of sp³-hybridized carbons (Fsp3) is 0.706. The summed E-state index contributed by atoms with van der Waals surface area (Å²) in [6.07, 6.45) is 4.80. The fourth-order valence-electron chi connectivity index (χ4n) is 3.63. The van der Waals surface area contributed by atoms with Crippen molar-refractivity contribution in [3.63, 3.8) is 0 Å². The van der Waals surface area contributed by atoms with E-state index in [9.17, 15) is 9.59 Å². The Hall–Kier alpha value is -1.35. The van der Waals surface area contributed by atoms with Crippen LogP contribution in [0.1, 0.15) is 37.9 Å². The van der Waals surface area contributed by atoms with E-state index < -0.39 is 5.54 Å². The van der Waals surface area contributed by atoms with Gasteiger partial charge in [0.15, 0.2) is 5.82 Å². The Labute approximate surface area is 172 Å². The van der Waals surface area contributed by atoms with Gasteiger partial charge in [-0.2, -0.15) is 0 Å². The number of piperazine rings is 1. The van der Waals surface area contributed by atoms with Crippen molar-refractivity contribution in [1.82, 2.24) is 15.0 Å². The zero-order chi connectivity index (χ0) is 17.9. The van der Waals surface area contributed by atoms with Crippen molar-refractivity contribution in [3.8, 4) is 0 Å². The van der Waals surface area contributed by atoms with Gasteiger partial charge in [-0.25, -0.2) is 0 Å². The number of amides is 2. The molecule has 10 heteroatoms. The molecule has 0 bridgehead atoms. The lowest BCUT2D eigenvalue weighted by Gasteiger charge is -2.40. The minimum absolute atomic E-state index is 0. The van der Waals surface area contributed by atoms with Crippen LogP contribution in [-0.2, 0) is 9.59 Å². The summed E-state index contributed by atoms with van der Waals surface area (Å²) in [4.78, 5) is 28.7. The molecule has 2 amide bonds. The van der Waals surface area contributed by atoms with Crippen LogP contribution in [0.2, 0.25) is 0 Å². The molecule has 1 aliphatic carbocycles. The summed E-state index contributed by atoms with van der Waals surface area (Å²) in [5.74, 6) is 1.03. The molecule has 3 rings (SSSR count). The minimum Gasteiger partial charge on any atom is -0.360 e. The highest BCUT2D eigenvalue weighted by molar-refractivity contribution is 5.91. The van der Waals surface area contributed by atoms with E-state index in [1.54, 1.807) is 13.0 Å². The first-order valence-corrected chi connectivity index (χ1v) is 9.00. The first kappa shape index (κ1) is 23.7. The lowest BCUT2D eigenvalue weighted by molar-refractivity contribution is -0.140. The Morgan fingerprint density at radius 1 is 1.19 bits per heavy atom. The number of aryl methyl sites for hydroxylation is 1. The molecule has 0 unspecified atom stereocenters. The van der Waals surface area contributed by atoms with Gasteiger partial charge in [-0.15, -0.1) is 24.8 Å². The van der Waals surface area contributed by atoms with Gasteiger partial charge in [-0.3, -0.25) is 14.5 Å². The highest BCUT2D eigenvalue weighted by Crippen LogP contribution is 2.28. The minimum atomic E-state index is -0.678. The summed E-state index contributed by atoms with van der Waals surface area (Å²) < 4.78 is 4.93. The molecule has 154 valence electrons. The van der Waals surface area contributed by atoms with Gasteiger partial charge in [0.05, 0.1) is 12.1 Å². The molecular formula is C17H29Cl2N5O3. The lowest BCUT2D eigenvalue weighted by atomic mass is 9.81. The largest absolute Gasteiger partial charge is 0.360 e. The summed E-state index contributed by atoms with van der Waals surface area (Å²) in [7, 11) is 0. The molecular weight excluding hydrogens is 393 g/mol. The van der Waals surface area contributed by atoms with Crippen LogP contribution < -0.4 is 11.1 Å². The predicted molar refractivity (Wildman–Crippen MR) is 107 cm³/mol. The van der Waals surface area contributed by atoms with E-state index in [2.05, 4.69) is 10.5 Å². The van der Waals surface area contributed by atoms with Crippen LogP contribution in [0.3, 0.4) is 0 Å². The zero-order valence-electron chi connectivity index (χ0n) is 15.6. The predicted octanol–water partition coefficient (Wildman–Crippen LogP) is 1.57. The summed E-state index contributed by atoms with van der Waals surface area (Å²) in [5.41, 5.74) is 5.67. The van der Waals surface area contributed by atoms with Crippen LogP contribution in [0.4, 0.5) is 5.82 Å². The van der Waals surface area contributed by atoms with Gasteiger partial charge in [0.1, 0.15) is 5.76 Å². The van der Waals surface area contributed by atoms with E-state index in [1.165, 1.54) is 6.42 Å². The standard InChI is InChI=1S/C17H27N5O3.2ClH/c1-13-11-14(20-25-13)19-15(23)12-21-7-9-22(10-8-21)16(24)17(18)5-3-2-4-6-17;;/h11H,2-10,12,18H2,1H3,(H,19,20,23);2*1H. The number of nitrogens with one attached hydrogen (secondary N) is 1. The monoisotopic (exact) mass is 421 g/mol. The highest BCUT2D eigenvalue weighted by atomic mass is 35.5. The highest BCUT2D eigenvalue weighted by Gasteiger charge is 2.39. The number of aromatic nitrogens is 1. The van der Waals surface area contributed by atoms with Crippen LogP contribution >= 0.6 is 24.8 Å². The van der Waals surface area contributed by atoms with Gasteiger partial charge in [0, 0.05) is 32.2 Å². The molecule has 27 heavy (non-hydrogen) atoms. The maximum Gasteiger partial charge on any atom is 0.242 e. The molecule has 1 saturated carbocycles. The molecule has 3 N–H and O–H groups in total. The van der Waals surface area contributed by atoms with E-state index >= 15 is 0 Å². The van der Waals surface area contributed by atoms with Crippen molar-refractivity contribution >= 4 is 42.4 Å². The molecule has 0 spiro atoms. The van der Waals surface area contributed by atoms with Gasteiger partial charge in [0.25, 0.3) is 0 Å². The second-order valence-corrected chi connectivity index (χ2v) is 7.16. The van der Waals surface area contributed by atoms with Crippen LogP contribution in [0.5, 0.6) is 0 Å². The molecule has 2 fully saturated rings. The number of nitrogens with two attached hydrogens (primary N) is 1. The number of carbonyl (C=O) groups excluding carboxylic acids is 2. The second kappa shape index (κ2) is 10.3. The van der Waals surface area contributed by atoms with Crippen molar-refractivity contribution in [1.29, 1.82) is 0 Å². The molecule has 2 heterocycles. The van der Waals surface area contributed by atoms with Crippen LogP contribution in [0.25, 0.3) is 0 Å². The van der Waals surface area contributed by atoms with Gasteiger partial charge in [-0.05, 0) is 19.8 Å². The second-order valence-electron chi connectivity index (χ2n) is 7.16. The van der Waals surface area contributed by atoms with Crippen molar-refractivity contribution < 1.29 is 14.1 Å². The average Bonchev–Trinajstić information content (AvgIpc) is 3.00. The quantitative estimate of drug-likeness (QED) is 0.764. The third-order valence-corrected chi connectivity index (χ3v) is 5.09. The Kier molecular flexibility index (Phi) is 9.01. The third kappa shape index (κ3) is 6.07. The molecule has 1 aromatic heterocycles. The van der Waals surface area contributed by atoms with Crippen molar-refractivity contribution in [3.05, 3.63) is 11.8 Å². The Morgan fingerprint density at radius 3 is 2.37 bits per heavy atom. The molecule has 1 aromatic rings. The normalized spacial score (nSPS) is 19.6. The number of carbonyl (C=O) groups is 2. The van der Waals surface area contributed by atoms with E-state index in [0.29, 0.717) is 37.8 Å². The zero-order valence-corrected chi connectivity index (χ0v) is 17.2. The molecule has 2 aliphatic rings.